The average molecular weight is 241 g/mol. The van der Waals surface area contributed by atoms with Crippen LogP contribution in [0.5, 0.6) is 0 Å². The van der Waals surface area contributed by atoms with Crippen LogP contribution in [0.3, 0.4) is 0 Å². The van der Waals surface area contributed by atoms with Gasteiger partial charge >= 0.3 is 0 Å². The van der Waals surface area contributed by atoms with Crippen LogP contribution < -0.4 is 4.90 Å². The number of ether oxygens (including phenoxy) is 1. The van der Waals surface area contributed by atoms with Crippen molar-refractivity contribution in [1.29, 1.82) is 0 Å². The smallest absolute Gasteiger partial charge is 0.0642 e. The maximum Gasteiger partial charge on any atom is 0.0642 e. The third kappa shape index (κ3) is 2.33. The van der Waals surface area contributed by atoms with Crippen molar-refractivity contribution in [3.05, 3.63) is 42.7 Å². The molecular formula is C14H15N3O. The Bertz CT molecular complexity index is 492. The molecule has 1 fully saturated rings. The van der Waals surface area contributed by atoms with Gasteiger partial charge in [-0.15, -0.1) is 0 Å². The maximum atomic E-state index is 5.36. The lowest BCUT2D eigenvalue weighted by Crippen LogP contribution is -2.36. The number of rotatable bonds is 2. The van der Waals surface area contributed by atoms with Crippen LogP contribution in [0.2, 0.25) is 0 Å². The zero-order chi connectivity index (χ0) is 12.2. The molecule has 18 heavy (non-hydrogen) atoms. The molecule has 4 nitrogen and oxygen atoms in total. The summed E-state index contributed by atoms with van der Waals surface area (Å²) in [5, 5.41) is 7.69. The topological polar surface area (TPSA) is 38.2 Å². The van der Waals surface area contributed by atoms with Crippen molar-refractivity contribution in [2.75, 3.05) is 31.2 Å². The summed E-state index contributed by atoms with van der Waals surface area (Å²) < 4.78 is 5.36. The Kier molecular flexibility index (Phi) is 3.19. The fourth-order valence-electron chi connectivity index (χ4n) is 2.15. The molecule has 2 aromatic rings. The molecule has 92 valence electrons. The van der Waals surface area contributed by atoms with Gasteiger partial charge in [-0.3, -0.25) is 0 Å². The molecule has 3 rings (SSSR count). The predicted octanol–water partition coefficient (Wildman–Crippen LogP) is 1.98. The Hall–Kier alpha value is -1.94. The van der Waals surface area contributed by atoms with Gasteiger partial charge in [0.05, 0.1) is 25.6 Å². The van der Waals surface area contributed by atoms with E-state index < -0.39 is 0 Å². The third-order valence-electron chi connectivity index (χ3n) is 3.16. The molecule has 0 saturated carbocycles. The van der Waals surface area contributed by atoms with Crippen LogP contribution in [0.1, 0.15) is 0 Å². The summed E-state index contributed by atoms with van der Waals surface area (Å²) in [6, 6.07) is 10.5. The SMILES string of the molecule is c1cc(-c2ccc(N3CCOCC3)cc2)cnn1. The molecule has 1 aromatic heterocycles. The minimum absolute atomic E-state index is 0.816. The predicted molar refractivity (Wildman–Crippen MR) is 70.5 cm³/mol. The minimum atomic E-state index is 0.816. The highest BCUT2D eigenvalue weighted by Crippen LogP contribution is 2.22. The van der Waals surface area contributed by atoms with Gasteiger partial charge in [0, 0.05) is 24.3 Å². The van der Waals surface area contributed by atoms with Crippen LogP contribution in [-0.2, 0) is 4.74 Å². The molecule has 4 heteroatoms. The molecule has 1 saturated heterocycles. The number of anilines is 1. The zero-order valence-corrected chi connectivity index (χ0v) is 10.1. The lowest BCUT2D eigenvalue weighted by atomic mass is 10.1. The van der Waals surface area contributed by atoms with E-state index in [4.69, 9.17) is 4.74 Å². The zero-order valence-electron chi connectivity index (χ0n) is 10.1. The molecule has 1 aliphatic rings. The molecule has 0 N–H and O–H groups in total. The van der Waals surface area contributed by atoms with Crippen molar-refractivity contribution in [3.63, 3.8) is 0 Å². The number of hydrogen-bond donors (Lipinski definition) is 0. The van der Waals surface area contributed by atoms with Crippen LogP contribution in [0.4, 0.5) is 5.69 Å². The van der Waals surface area contributed by atoms with Gasteiger partial charge in [0.15, 0.2) is 0 Å². The van der Waals surface area contributed by atoms with E-state index in [1.54, 1.807) is 12.4 Å². The first-order valence-electron chi connectivity index (χ1n) is 6.13. The molecule has 1 aromatic carbocycles. The van der Waals surface area contributed by atoms with Crippen molar-refractivity contribution in [2.24, 2.45) is 0 Å². The van der Waals surface area contributed by atoms with E-state index in [1.165, 1.54) is 11.3 Å². The van der Waals surface area contributed by atoms with Crippen LogP contribution in [-0.4, -0.2) is 36.5 Å². The molecule has 0 aliphatic carbocycles. The Labute approximate surface area is 106 Å². The van der Waals surface area contributed by atoms with E-state index in [2.05, 4.69) is 39.4 Å². The second-order valence-electron chi connectivity index (χ2n) is 4.28. The van der Waals surface area contributed by atoms with Crippen LogP contribution >= 0.6 is 0 Å². The van der Waals surface area contributed by atoms with Gasteiger partial charge < -0.3 is 9.64 Å². The summed E-state index contributed by atoms with van der Waals surface area (Å²) in [7, 11) is 0. The Balaban J connectivity index is 1.80. The first-order chi connectivity index (χ1) is 8.93. The highest BCUT2D eigenvalue weighted by atomic mass is 16.5. The largest absolute Gasteiger partial charge is 0.378 e. The van der Waals surface area contributed by atoms with Crippen LogP contribution in [0, 0.1) is 0 Å². The summed E-state index contributed by atoms with van der Waals surface area (Å²) in [5.74, 6) is 0. The monoisotopic (exact) mass is 241 g/mol. The first kappa shape index (κ1) is 11.2. The van der Waals surface area contributed by atoms with E-state index in [-0.39, 0.29) is 0 Å². The quantitative estimate of drug-likeness (QED) is 0.806. The van der Waals surface area contributed by atoms with Gasteiger partial charge in [0.1, 0.15) is 0 Å². The van der Waals surface area contributed by atoms with Crippen LogP contribution in [0.25, 0.3) is 11.1 Å². The highest BCUT2D eigenvalue weighted by molar-refractivity contribution is 5.65. The summed E-state index contributed by atoms with van der Waals surface area (Å²) in [4.78, 5) is 2.35. The molecule has 0 unspecified atom stereocenters. The van der Waals surface area contributed by atoms with Crippen molar-refractivity contribution < 1.29 is 4.74 Å². The number of nitrogens with zero attached hydrogens (tertiary/aromatic N) is 3. The highest BCUT2D eigenvalue weighted by Gasteiger charge is 2.10. The maximum absolute atomic E-state index is 5.36. The molecular weight excluding hydrogens is 226 g/mol. The standard InChI is InChI=1S/C14H15N3O/c1-3-14(17-7-9-18-10-8-17)4-2-12(1)13-5-6-15-16-11-13/h1-6,11H,7-10H2. The fourth-order valence-corrected chi connectivity index (χ4v) is 2.15. The van der Waals surface area contributed by atoms with E-state index in [9.17, 15) is 0 Å². The number of morpholine rings is 1. The van der Waals surface area contributed by atoms with Gasteiger partial charge in [0.2, 0.25) is 0 Å². The number of benzene rings is 1. The first-order valence-corrected chi connectivity index (χ1v) is 6.13. The number of hydrogen-bond acceptors (Lipinski definition) is 4. The van der Waals surface area contributed by atoms with Gasteiger partial charge in [-0.05, 0) is 23.8 Å². The molecule has 0 atom stereocenters. The van der Waals surface area contributed by atoms with Gasteiger partial charge in [-0.2, -0.15) is 10.2 Å². The van der Waals surface area contributed by atoms with Crippen molar-refractivity contribution >= 4 is 5.69 Å². The molecule has 0 bridgehead atoms. The summed E-state index contributed by atoms with van der Waals surface area (Å²) in [6.45, 7) is 3.57. The lowest BCUT2D eigenvalue weighted by Gasteiger charge is -2.28. The van der Waals surface area contributed by atoms with Gasteiger partial charge in [-0.1, -0.05) is 12.1 Å². The van der Waals surface area contributed by atoms with E-state index >= 15 is 0 Å². The summed E-state index contributed by atoms with van der Waals surface area (Å²) in [5.41, 5.74) is 3.52. The summed E-state index contributed by atoms with van der Waals surface area (Å²) in [6.07, 6.45) is 3.50. The van der Waals surface area contributed by atoms with Gasteiger partial charge in [-0.25, -0.2) is 0 Å². The van der Waals surface area contributed by atoms with Crippen molar-refractivity contribution in [2.45, 2.75) is 0 Å². The Morgan fingerprint density at radius 3 is 2.33 bits per heavy atom. The normalized spacial score (nSPS) is 15.7. The molecule has 1 aliphatic heterocycles. The molecule has 0 spiro atoms. The fraction of sp³-hybridized carbons (Fsp3) is 0.286. The van der Waals surface area contributed by atoms with Crippen molar-refractivity contribution in [1.82, 2.24) is 10.2 Å². The number of aromatic nitrogens is 2. The molecule has 2 heterocycles. The van der Waals surface area contributed by atoms with E-state index in [0.29, 0.717) is 0 Å². The second-order valence-corrected chi connectivity index (χ2v) is 4.28. The Morgan fingerprint density at radius 1 is 0.889 bits per heavy atom. The Morgan fingerprint density at radius 2 is 1.67 bits per heavy atom. The third-order valence-corrected chi connectivity index (χ3v) is 3.16. The molecule has 0 radical (unpaired) electrons. The average Bonchev–Trinajstić information content (AvgIpc) is 2.49. The van der Waals surface area contributed by atoms with E-state index in [0.717, 1.165) is 31.9 Å². The summed E-state index contributed by atoms with van der Waals surface area (Å²) >= 11 is 0. The van der Waals surface area contributed by atoms with Gasteiger partial charge in [0.25, 0.3) is 0 Å². The molecule has 0 amide bonds. The second kappa shape index (κ2) is 5.14. The van der Waals surface area contributed by atoms with Crippen LogP contribution in [0.15, 0.2) is 42.7 Å². The van der Waals surface area contributed by atoms with Crippen molar-refractivity contribution in [3.8, 4) is 11.1 Å². The van der Waals surface area contributed by atoms with E-state index in [1.807, 2.05) is 6.07 Å². The lowest BCUT2D eigenvalue weighted by molar-refractivity contribution is 0.122. The minimum Gasteiger partial charge on any atom is -0.378 e.